The van der Waals surface area contributed by atoms with Crippen molar-refractivity contribution in [3.63, 3.8) is 0 Å². The van der Waals surface area contributed by atoms with Gasteiger partial charge in [-0.25, -0.2) is 0 Å². The molecule has 0 aliphatic carbocycles. The van der Waals surface area contributed by atoms with Gasteiger partial charge in [-0.15, -0.1) is 0 Å². The maximum Gasteiger partial charge on any atom is 1.00 e. The Hall–Kier alpha value is 1.53. The average molecular weight is 110 g/mol. The summed E-state index contributed by atoms with van der Waals surface area (Å²) >= 11 is 1.37. The van der Waals surface area contributed by atoms with Crippen LogP contribution in [0.4, 0.5) is 0 Å². The minimum absolute atomic E-state index is 0. The third-order valence-electron chi connectivity index (χ3n) is 0.816. The Morgan fingerprint density at radius 3 is 1.83 bits per heavy atom. The first-order chi connectivity index (χ1) is 2.27. The summed E-state index contributed by atoms with van der Waals surface area (Å²) in [5.41, 5.74) is 0. The van der Waals surface area contributed by atoms with Crippen molar-refractivity contribution in [2.75, 3.05) is 0 Å². The van der Waals surface area contributed by atoms with Crippen LogP contribution in [0.25, 0.3) is 0 Å². The first-order valence-electron chi connectivity index (χ1n) is 2.27. The van der Waals surface area contributed by atoms with Crippen LogP contribution >= 0.6 is 0 Å². The van der Waals surface area contributed by atoms with Crippen molar-refractivity contribution in [2.24, 2.45) is 5.92 Å². The average Bonchev–Trinajstić information content (AvgIpc) is 1.38. The summed E-state index contributed by atoms with van der Waals surface area (Å²) in [6.07, 6.45) is 0. The zero-order valence-electron chi connectivity index (χ0n) is 6.28. The molecule has 2 heteroatoms. The Morgan fingerprint density at radius 1 is 1.67 bits per heavy atom. The van der Waals surface area contributed by atoms with E-state index in [1.54, 1.807) is 0 Å². The predicted molar refractivity (Wildman–Crippen MR) is 29.3 cm³/mol. The van der Waals surface area contributed by atoms with Gasteiger partial charge in [0.05, 0.1) is 0 Å². The van der Waals surface area contributed by atoms with Gasteiger partial charge in [0.1, 0.15) is 0 Å². The summed E-state index contributed by atoms with van der Waals surface area (Å²) in [4.78, 5) is 0. The van der Waals surface area contributed by atoms with Crippen molar-refractivity contribution < 1.29 is 31.0 Å². The van der Waals surface area contributed by atoms with Crippen molar-refractivity contribution in [3.05, 3.63) is 0 Å². The summed E-state index contributed by atoms with van der Waals surface area (Å²) < 4.78 is 0. The van der Waals surface area contributed by atoms with Gasteiger partial charge in [0.25, 0.3) is 0 Å². The Balaban J connectivity index is -0.0000000800. The van der Waals surface area contributed by atoms with E-state index >= 15 is 0 Å². The molecule has 0 unspecified atom stereocenters. The first kappa shape index (κ1) is 10.5. The van der Waals surface area contributed by atoms with E-state index in [4.69, 9.17) is 0 Å². The second kappa shape index (κ2) is 6.53. The van der Waals surface area contributed by atoms with Gasteiger partial charge in [0.15, 0.2) is 0 Å². The minimum Gasteiger partial charge on any atom is -1.00 e. The van der Waals surface area contributed by atoms with Gasteiger partial charge in [0.2, 0.25) is 16.3 Å². The Morgan fingerprint density at radius 2 is 1.83 bits per heavy atom. The monoisotopic (exact) mass is 110 g/mol. The molecule has 0 bridgehead atoms. The molecule has 32 valence electrons. The number of hydrogen-bond donors (Lipinski definition) is 0. The molecule has 0 aliphatic rings. The number of hydrogen-bond acceptors (Lipinski definition) is 0. The summed E-state index contributed by atoms with van der Waals surface area (Å²) in [5, 5.41) is 1.44. The van der Waals surface area contributed by atoms with Gasteiger partial charge in [-0.1, -0.05) is 25.0 Å². The maximum atomic E-state index is 2.26. The fraction of sp³-hybridized carbons (Fsp3) is 1.00. The molecule has 0 nitrogen and oxygen atoms in total. The first-order valence-corrected chi connectivity index (χ1v) is 3.68. The van der Waals surface area contributed by atoms with Crippen LogP contribution in [0.15, 0.2) is 0 Å². The second-order valence-electron chi connectivity index (χ2n) is 1.80. The van der Waals surface area contributed by atoms with Crippen LogP contribution in [0.3, 0.4) is 0 Å². The minimum atomic E-state index is 0. The van der Waals surface area contributed by atoms with E-state index in [2.05, 4.69) is 13.8 Å². The van der Waals surface area contributed by atoms with Gasteiger partial charge in [-0.2, -0.15) is 0 Å². The Labute approximate surface area is 71.9 Å². The molecule has 6 heavy (non-hydrogen) atoms. The van der Waals surface area contributed by atoms with E-state index in [9.17, 15) is 0 Å². The fourth-order valence-corrected chi connectivity index (χ4v) is 0. The Bertz CT molecular complexity index is 25.7. The summed E-state index contributed by atoms with van der Waals surface area (Å²) in [5.74, 6) is 0.946. The zero-order valence-corrected chi connectivity index (χ0v) is 9.28. The topological polar surface area (TPSA) is 0 Å². The van der Waals surface area contributed by atoms with Crippen molar-refractivity contribution in [1.82, 2.24) is 0 Å². The van der Waals surface area contributed by atoms with Crippen LogP contribution in [0.2, 0.25) is 5.28 Å². The molecule has 0 atom stereocenters. The van der Waals surface area contributed by atoms with Crippen LogP contribution in [-0.2, 0) is 0 Å². The normalized spacial score (nSPS) is 7.83. The molecule has 0 spiro atoms. The van der Waals surface area contributed by atoms with Gasteiger partial charge >= 0.3 is 29.6 Å². The molecule has 0 radical (unpaired) electrons. The summed E-state index contributed by atoms with van der Waals surface area (Å²) in [6, 6.07) is 0. The largest absolute Gasteiger partial charge is 1.00 e. The van der Waals surface area contributed by atoms with Crippen LogP contribution in [-0.4, -0.2) is 16.3 Å². The summed E-state index contributed by atoms with van der Waals surface area (Å²) in [7, 11) is 0. The molecule has 0 aromatic carbocycles. The van der Waals surface area contributed by atoms with E-state index in [0.29, 0.717) is 0 Å². The van der Waals surface area contributed by atoms with Crippen molar-refractivity contribution in [3.8, 4) is 0 Å². The van der Waals surface area contributed by atoms with Crippen LogP contribution < -0.4 is 29.6 Å². The third-order valence-corrected chi connectivity index (χ3v) is 2.45. The van der Waals surface area contributed by atoms with E-state index < -0.39 is 0 Å². The third kappa shape index (κ3) is 9.11. The molecule has 0 rings (SSSR count). The zero-order chi connectivity index (χ0) is 4.28. The van der Waals surface area contributed by atoms with E-state index in [1.807, 2.05) is 0 Å². The van der Waals surface area contributed by atoms with E-state index in [0.717, 1.165) is 5.92 Å². The van der Waals surface area contributed by atoms with Gasteiger partial charge in [0, 0.05) is 0 Å². The molecular weight excluding hydrogens is 98.0 g/mol. The SMILES string of the molecule is CC(C)[CH2][AlH2].[H-].[Na+]. The molecule has 0 aromatic rings. The molecular formula is C4H12AlNa. The molecule has 0 saturated heterocycles. The van der Waals surface area contributed by atoms with Gasteiger partial charge in [-0.3, -0.25) is 0 Å². The van der Waals surface area contributed by atoms with E-state index in [-0.39, 0.29) is 31.0 Å². The smallest absolute Gasteiger partial charge is 1.00 e. The Kier molecular flexibility index (Phi) is 11.4. The quantitative estimate of drug-likeness (QED) is 0.336. The molecule has 0 amide bonds. The second-order valence-corrected chi connectivity index (χ2v) is 2.62. The molecule has 0 aliphatic heterocycles. The molecule has 0 saturated carbocycles. The standard InChI is InChI=1S/C4H9.Al.Na.3H/c1-4(2)3;;;;;/h4H,1H2,2-3H3;;;;;/q;;+1;;;-1. The summed E-state index contributed by atoms with van der Waals surface area (Å²) in [6.45, 7) is 4.51. The fourth-order valence-electron chi connectivity index (χ4n) is 0. The van der Waals surface area contributed by atoms with Crippen LogP contribution in [0.5, 0.6) is 0 Å². The molecule has 0 heterocycles. The maximum absolute atomic E-state index is 2.26. The van der Waals surface area contributed by atoms with Gasteiger partial charge < -0.3 is 1.43 Å². The van der Waals surface area contributed by atoms with Crippen molar-refractivity contribution >= 4 is 16.3 Å². The van der Waals surface area contributed by atoms with E-state index in [1.165, 1.54) is 21.6 Å². The van der Waals surface area contributed by atoms with Crippen molar-refractivity contribution in [1.29, 1.82) is 0 Å². The molecule has 0 aromatic heterocycles. The molecule has 0 N–H and O–H groups in total. The predicted octanol–water partition coefficient (Wildman–Crippen LogP) is -2.19. The van der Waals surface area contributed by atoms with Gasteiger partial charge in [-0.05, 0) is 0 Å². The number of rotatable bonds is 1. The molecule has 0 fully saturated rings. The van der Waals surface area contributed by atoms with Crippen molar-refractivity contribution in [2.45, 2.75) is 19.1 Å². The van der Waals surface area contributed by atoms with Crippen LogP contribution in [0.1, 0.15) is 15.3 Å². The van der Waals surface area contributed by atoms with Crippen LogP contribution in [0, 0.1) is 5.92 Å².